The number of hydrogen-bond donors (Lipinski definition) is 1. The molecule has 1 fully saturated rings. The van der Waals surface area contributed by atoms with Crippen molar-refractivity contribution < 1.29 is 4.74 Å². The minimum Gasteiger partial charge on any atom is -0.492 e. The minimum atomic E-state index is 0.264. The first-order chi connectivity index (χ1) is 11.6. The molecule has 2 N–H and O–H groups in total. The average Bonchev–Trinajstić information content (AvgIpc) is 3.00. The Hall–Kier alpha value is -2.41. The molecule has 0 saturated carbocycles. The lowest BCUT2D eigenvalue weighted by Gasteiger charge is -2.24. The Bertz CT molecular complexity index is 663. The Balaban J connectivity index is 1.63. The van der Waals surface area contributed by atoms with Crippen LogP contribution in [0.1, 0.15) is 18.7 Å². The lowest BCUT2D eigenvalue weighted by atomic mass is 10.2. The summed E-state index contributed by atoms with van der Waals surface area (Å²) >= 11 is 0. The first-order valence-corrected chi connectivity index (χ1v) is 8.21. The van der Waals surface area contributed by atoms with Crippen molar-refractivity contribution in [2.45, 2.75) is 25.4 Å². The molecule has 0 unspecified atom stereocenters. The Morgan fingerprint density at radius 1 is 1.21 bits per heavy atom. The van der Waals surface area contributed by atoms with Crippen LogP contribution >= 0.6 is 0 Å². The van der Waals surface area contributed by atoms with Crippen LogP contribution in [0.4, 0.5) is 11.9 Å². The molecule has 1 aromatic heterocycles. The summed E-state index contributed by atoms with van der Waals surface area (Å²) in [5.74, 6) is 2.47. The quantitative estimate of drug-likeness (QED) is 0.862. The SMILES string of the molecule is CN(C)c1nc(N)nc(CN2CCC[C@H]2COc2ccccc2)n1. The molecule has 1 atom stereocenters. The largest absolute Gasteiger partial charge is 0.492 e. The fourth-order valence-electron chi connectivity index (χ4n) is 2.88. The van der Waals surface area contributed by atoms with Crippen molar-refractivity contribution in [1.82, 2.24) is 19.9 Å². The molecule has 7 nitrogen and oxygen atoms in total. The monoisotopic (exact) mass is 328 g/mol. The molecule has 1 aliphatic rings. The standard InChI is InChI=1S/C17H24N6O/c1-22(2)17-20-15(19-16(18)21-17)11-23-10-6-7-13(23)12-24-14-8-4-3-5-9-14/h3-5,8-9,13H,6-7,10-12H2,1-2H3,(H2,18,19,20,21)/t13-/m0/s1. The van der Waals surface area contributed by atoms with E-state index < -0.39 is 0 Å². The predicted molar refractivity (Wildman–Crippen MR) is 93.9 cm³/mol. The van der Waals surface area contributed by atoms with Crippen LogP contribution in [0.5, 0.6) is 5.75 Å². The van der Waals surface area contributed by atoms with Gasteiger partial charge in [-0.3, -0.25) is 4.90 Å². The Morgan fingerprint density at radius 2 is 2.00 bits per heavy atom. The van der Waals surface area contributed by atoms with Gasteiger partial charge in [-0.1, -0.05) is 18.2 Å². The van der Waals surface area contributed by atoms with Crippen molar-refractivity contribution in [3.63, 3.8) is 0 Å². The zero-order valence-electron chi connectivity index (χ0n) is 14.2. The first kappa shape index (κ1) is 16.4. The Labute approximate surface area is 142 Å². The molecule has 24 heavy (non-hydrogen) atoms. The van der Waals surface area contributed by atoms with Crippen LogP contribution in [0.2, 0.25) is 0 Å². The third-order valence-corrected chi connectivity index (χ3v) is 4.12. The van der Waals surface area contributed by atoms with Crippen molar-refractivity contribution in [1.29, 1.82) is 0 Å². The molecule has 1 aromatic carbocycles. The normalized spacial score (nSPS) is 17.8. The van der Waals surface area contributed by atoms with Crippen molar-refractivity contribution in [3.8, 4) is 5.75 Å². The number of hydrogen-bond acceptors (Lipinski definition) is 7. The van der Waals surface area contributed by atoms with Crippen LogP contribution in [0.3, 0.4) is 0 Å². The molecule has 0 aliphatic carbocycles. The van der Waals surface area contributed by atoms with E-state index in [0.29, 0.717) is 31.0 Å². The van der Waals surface area contributed by atoms with E-state index in [-0.39, 0.29) is 5.95 Å². The Kier molecular flexibility index (Phi) is 5.10. The van der Waals surface area contributed by atoms with Crippen LogP contribution in [-0.4, -0.2) is 53.1 Å². The molecule has 3 rings (SSSR count). The zero-order chi connectivity index (χ0) is 16.9. The number of anilines is 2. The highest BCUT2D eigenvalue weighted by Gasteiger charge is 2.26. The predicted octanol–water partition coefficient (Wildman–Crippen LogP) is 1.56. The average molecular weight is 328 g/mol. The van der Waals surface area contributed by atoms with Crippen molar-refractivity contribution in [3.05, 3.63) is 36.2 Å². The summed E-state index contributed by atoms with van der Waals surface area (Å²) in [6, 6.07) is 10.3. The summed E-state index contributed by atoms with van der Waals surface area (Å²) in [5.41, 5.74) is 5.81. The van der Waals surface area contributed by atoms with Crippen LogP contribution in [0.25, 0.3) is 0 Å². The summed E-state index contributed by atoms with van der Waals surface area (Å²) < 4.78 is 5.92. The van der Waals surface area contributed by atoms with Gasteiger partial charge in [-0.05, 0) is 31.5 Å². The number of nitrogens with zero attached hydrogens (tertiary/aromatic N) is 5. The lowest BCUT2D eigenvalue weighted by Crippen LogP contribution is -2.34. The molecule has 128 valence electrons. The lowest BCUT2D eigenvalue weighted by molar-refractivity contribution is 0.164. The number of aromatic nitrogens is 3. The van der Waals surface area contributed by atoms with Crippen molar-refractivity contribution >= 4 is 11.9 Å². The van der Waals surface area contributed by atoms with E-state index in [0.717, 1.165) is 25.1 Å². The fourth-order valence-corrected chi connectivity index (χ4v) is 2.88. The van der Waals surface area contributed by atoms with E-state index in [4.69, 9.17) is 10.5 Å². The van der Waals surface area contributed by atoms with Crippen LogP contribution in [0.15, 0.2) is 30.3 Å². The van der Waals surface area contributed by atoms with Gasteiger partial charge in [0, 0.05) is 20.1 Å². The van der Waals surface area contributed by atoms with Gasteiger partial charge in [0.05, 0.1) is 6.54 Å². The molecule has 0 spiro atoms. The van der Waals surface area contributed by atoms with E-state index in [1.807, 2.05) is 49.3 Å². The minimum absolute atomic E-state index is 0.264. The molecule has 2 heterocycles. The first-order valence-electron chi connectivity index (χ1n) is 8.21. The highest BCUT2D eigenvalue weighted by atomic mass is 16.5. The van der Waals surface area contributed by atoms with E-state index in [9.17, 15) is 0 Å². The van der Waals surface area contributed by atoms with Crippen molar-refractivity contribution in [2.24, 2.45) is 0 Å². The molecular formula is C17H24N6O. The summed E-state index contributed by atoms with van der Waals surface area (Å²) in [4.78, 5) is 17.1. The van der Waals surface area contributed by atoms with Gasteiger partial charge in [0.15, 0.2) is 0 Å². The summed E-state index contributed by atoms with van der Waals surface area (Å²) in [5, 5.41) is 0. The van der Waals surface area contributed by atoms with E-state index in [1.165, 1.54) is 0 Å². The van der Waals surface area contributed by atoms with Crippen molar-refractivity contribution in [2.75, 3.05) is 37.9 Å². The number of para-hydroxylation sites is 1. The molecule has 2 aromatic rings. The van der Waals surface area contributed by atoms with Crippen LogP contribution in [-0.2, 0) is 6.54 Å². The van der Waals surface area contributed by atoms with Gasteiger partial charge in [-0.25, -0.2) is 0 Å². The van der Waals surface area contributed by atoms with E-state index >= 15 is 0 Å². The summed E-state index contributed by atoms with van der Waals surface area (Å²) in [7, 11) is 3.79. The third kappa shape index (κ3) is 4.11. The third-order valence-electron chi connectivity index (χ3n) is 4.12. The maximum Gasteiger partial charge on any atom is 0.229 e. The maximum atomic E-state index is 5.92. The van der Waals surface area contributed by atoms with Gasteiger partial charge in [0.2, 0.25) is 11.9 Å². The van der Waals surface area contributed by atoms with Gasteiger partial charge >= 0.3 is 0 Å². The van der Waals surface area contributed by atoms with Gasteiger partial charge in [-0.15, -0.1) is 0 Å². The van der Waals surface area contributed by atoms with Gasteiger partial charge in [-0.2, -0.15) is 15.0 Å². The second kappa shape index (κ2) is 7.44. The number of ether oxygens (including phenoxy) is 1. The number of rotatable bonds is 6. The second-order valence-electron chi connectivity index (χ2n) is 6.19. The van der Waals surface area contributed by atoms with Gasteiger partial charge < -0.3 is 15.4 Å². The maximum absolute atomic E-state index is 5.92. The number of benzene rings is 1. The van der Waals surface area contributed by atoms with Crippen LogP contribution < -0.4 is 15.4 Å². The van der Waals surface area contributed by atoms with Gasteiger partial charge in [0.1, 0.15) is 18.2 Å². The number of likely N-dealkylation sites (tertiary alicyclic amines) is 1. The Morgan fingerprint density at radius 3 is 2.75 bits per heavy atom. The molecule has 0 amide bonds. The summed E-state index contributed by atoms with van der Waals surface area (Å²) in [6.07, 6.45) is 2.28. The zero-order valence-corrected chi connectivity index (χ0v) is 14.2. The highest BCUT2D eigenvalue weighted by molar-refractivity contribution is 5.32. The second-order valence-corrected chi connectivity index (χ2v) is 6.19. The molecular weight excluding hydrogens is 304 g/mol. The number of nitrogen functional groups attached to an aromatic ring is 1. The molecule has 7 heteroatoms. The molecule has 1 aliphatic heterocycles. The smallest absolute Gasteiger partial charge is 0.229 e. The highest BCUT2D eigenvalue weighted by Crippen LogP contribution is 2.21. The fraction of sp³-hybridized carbons (Fsp3) is 0.471. The molecule has 0 bridgehead atoms. The van der Waals surface area contributed by atoms with Gasteiger partial charge in [0.25, 0.3) is 0 Å². The van der Waals surface area contributed by atoms with Crippen LogP contribution in [0, 0.1) is 0 Å². The topological polar surface area (TPSA) is 80.4 Å². The molecule has 0 radical (unpaired) electrons. The van der Waals surface area contributed by atoms with E-state index in [2.05, 4.69) is 19.9 Å². The van der Waals surface area contributed by atoms with E-state index in [1.54, 1.807) is 0 Å². The number of nitrogens with two attached hydrogens (primary N) is 1. The summed E-state index contributed by atoms with van der Waals surface area (Å²) in [6.45, 7) is 2.35. The molecule has 1 saturated heterocycles.